The Morgan fingerprint density at radius 3 is 2.67 bits per heavy atom. The minimum Gasteiger partial charge on any atom is -0.493 e. The highest BCUT2D eigenvalue weighted by molar-refractivity contribution is 6.58. The van der Waals surface area contributed by atoms with Crippen LogP contribution < -0.4 is 14.9 Å². The second kappa shape index (κ2) is 6.20. The molecule has 5 heteroatoms. The predicted octanol–water partition coefficient (Wildman–Crippen LogP) is 0.923. The molecule has 0 aliphatic carbocycles. The molecular formula is C16H17BO4. The SMILES string of the molecule is OB(O)c1ccc(OCCc2ccc3c(c2)CCO3)cc1. The third-order valence-corrected chi connectivity index (χ3v) is 3.59. The number of fused-ring (bicyclic) bond motifs is 1. The monoisotopic (exact) mass is 284 g/mol. The van der Waals surface area contributed by atoms with E-state index < -0.39 is 7.12 Å². The van der Waals surface area contributed by atoms with Crippen molar-refractivity contribution in [2.24, 2.45) is 0 Å². The van der Waals surface area contributed by atoms with E-state index in [0.29, 0.717) is 12.1 Å². The summed E-state index contributed by atoms with van der Waals surface area (Å²) in [4.78, 5) is 0. The van der Waals surface area contributed by atoms with Crippen molar-refractivity contribution in [1.29, 1.82) is 0 Å². The summed E-state index contributed by atoms with van der Waals surface area (Å²) >= 11 is 0. The van der Waals surface area contributed by atoms with Crippen LogP contribution in [0.2, 0.25) is 0 Å². The van der Waals surface area contributed by atoms with E-state index in [1.54, 1.807) is 24.3 Å². The van der Waals surface area contributed by atoms with E-state index in [0.717, 1.165) is 30.9 Å². The van der Waals surface area contributed by atoms with Crippen molar-refractivity contribution in [3.05, 3.63) is 53.6 Å². The third kappa shape index (κ3) is 3.38. The van der Waals surface area contributed by atoms with Crippen molar-refractivity contribution in [3.63, 3.8) is 0 Å². The molecule has 2 N–H and O–H groups in total. The second-order valence-corrected chi connectivity index (χ2v) is 5.08. The van der Waals surface area contributed by atoms with Gasteiger partial charge in [-0.1, -0.05) is 24.3 Å². The lowest BCUT2D eigenvalue weighted by Gasteiger charge is -2.08. The van der Waals surface area contributed by atoms with Gasteiger partial charge in [-0.05, 0) is 34.8 Å². The molecule has 1 heterocycles. The van der Waals surface area contributed by atoms with Crippen molar-refractivity contribution >= 4 is 12.6 Å². The van der Waals surface area contributed by atoms with Gasteiger partial charge < -0.3 is 19.5 Å². The predicted molar refractivity (Wildman–Crippen MR) is 81.1 cm³/mol. The molecule has 1 aliphatic heterocycles. The Morgan fingerprint density at radius 2 is 1.90 bits per heavy atom. The van der Waals surface area contributed by atoms with E-state index >= 15 is 0 Å². The molecule has 0 fully saturated rings. The van der Waals surface area contributed by atoms with Gasteiger partial charge in [-0.25, -0.2) is 0 Å². The molecule has 0 aromatic heterocycles. The fourth-order valence-electron chi connectivity index (χ4n) is 2.42. The van der Waals surface area contributed by atoms with Gasteiger partial charge in [0.25, 0.3) is 0 Å². The topological polar surface area (TPSA) is 58.9 Å². The first-order chi connectivity index (χ1) is 10.2. The molecule has 2 aromatic carbocycles. The summed E-state index contributed by atoms with van der Waals surface area (Å²) in [5, 5.41) is 18.0. The quantitative estimate of drug-likeness (QED) is 0.802. The molecule has 21 heavy (non-hydrogen) atoms. The minimum atomic E-state index is -1.44. The lowest BCUT2D eigenvalue weighted by atomic mass is 9.80. The first-order valence-electron chi connectivity index (χ1n) is 7.06. The summed E-state index contributed by atoms with van der Waals surface area (Å²) in [7, 11) is -1.44. The van der Waals surface area contributed by atoms with Gasteiger partial charge in [-0.3, -0.25) is 0 Å². The Balaban J connectivity index is 1.54. The molecule has 0 unspecified atom stereocenters. The van der Waals surface area contributed by atoms with E-state index in [1.165, 1.54) is 11.1 Å². The zero-order valence-electron chi connectivity index (χ0n) is 11.7. The van der Waals surface area contributed by atoms with Crippen molar-refractivity contribution in [2.75, 3.05) is 13.2 Å². The molecule has 3 rings (SSSR count). The molecule has 0 amide bonds. The van der Waals surface area contributed by atoms with E-state index in [9.17, 15) is 0 Å². The highest BCUT2D eigenvalue weighted by Gasteiger charge is 2.12. The highest BCUT2D eigenvalue weighted by Crippen LogP contribution is 2.26. The Kier molecular flexibility index (Phi) is 4.13. The van der Waals surface area contributed by atoms with E-state index in [-0.39, 0.29) is 0 Å². The van der Waals surface area contributed by atoms with Gasteiger partial charge in [0.15, 0.2) is 0 Å². The number of ether oxygens (including phenoxy) is 2. The zero-order valence-corrected chi connectivity index (χ0v) is 11.7. The van der Waals surface area contributed by atoms with E-state index in [1.807, 2.05) is 6.07 Å². The average Bonchev–Trinajstić information content (AvgIpc) is 2.95. The Morgan fingerprint density at radius 1 is 1.10 bits per heavy atom. The van der Waals surface area contributed by atoms with Crippen LogP contribution in [0.1, 0.15) is 11.1 Å². The highest BCUT2D eigenvalue weighted by atomic mass is 16.5. The minimum absolute atomic E-state index is 0.459. The summed E-state index contributed by atoms with van der Waals surface area (Å²) in [6, 6.07) is 13.0. The fourth-order valence-corrected chi connectivity index (χ4v) is 2.42. The maximum absolute atomic E-state index is 9.02. The molecule has 0 spiro atoms. The number of benzene rings is 2. The van der Waals surface area contributed by atoms with E-state index in [2.05, 4.69) is 12.1 Å². The number of rotatable bonds is 5. The van der Waals surface area contributed by atoms with Gasteiger partial charge in [0.05, 0.1) is 13.2 Å². The Bertz CT molecular complexity index is 610. The summed E-state index contributed by atoms with van der Waals surface area (Å²) in [5.41, 5.74) is 2.97. The first-order valence-corrected chi connectivity index (χ1v) is 7.06. The zero-order chi connectivity index (χ0) is 14.7. The lowest BCUT2D eigenvalue weighted by Crippen LogP contribution is -2.29. The van der Waals surface area contributed by atoms with Crippen molar-refractivity contribution in [3.8, 4) is 11.5 Å². The second-order valence-electron chi connectivity index (χ2n) is 5.08. The van der Waals surface area contributed by atoms with Gasteiger partial charge in [0, 0.05) is 12.8 Å². The van der Waals surface area contributed by atoms with Crippen molar-refractivity contribution in [2.45, 2.75) is 12.8 Å². The maximum Gasteiger partial charge on any atom is 0.488 e. The fraction of sp³-hybridized carbons (Fsp3) is 0.250. The number of hydrogen-bond donors (Lipinski definition) is 2. The summed E-state index contributed by atoms with van der Waals surface area (Å²) < 4.78 is 11.2. The molecule has 0 saturated carbocycles. The van der Waals surface area contributed by atoms with Crippen LogP contribution in [0.15, 0.2) is 42.5 Å². The molecule has 2 aromatic rings. The maximum atomic E-state index is 9.02. The first kappa shape index (κ1) is 14.0. The van der Waals surface area contributed by atoms with Gasteiger partial charge in [0.1, 0.15) is 11.5 Å². The van der Waals surface area contributed by atoms with Crippen LogP contribution in [0.3, 0.4) is 0 Å². The van der Waals surface area contributed by atoms with E-state index in [4.69, 9.17) is 19.5 Å². The molecule has 108 valence electrons. The van der Waals surface area contributed by atoms with Crippen LogP contribution in [0.4, 0.5) is 0 Å². The van der Waals surface area contributed by atoms with Crippen molar-refractivity contribution in [1.82, 2.24) is 0 Å². The lowest BCUT2D eigenvalue weighted by molar-refractivity contribution is 0.322. The average molecular weight is 284 g/mol. The summed E-state index contributed by atoms with van der Waals surface area (Å²) in [6.07, 6.45) is 1.81. The largest absolute Gasteiger partial charge is 0.493 e. The van der Waals surface area contributed by atoms with Gasteiger partial charge >= 0.3 is 7.12 Å². The molecule has 4 nitrogen and oxygen atoms in total. The van der Waals surface area contributed by atoms with Crippen LogP contribution in [0.5, 0.6) is 11.5 Å². The standard InChI is InChI=1S/C16H17BO4/c18-17(19)14-2-4-15(5-3-14)20-9-7-12-1-6-16-13(11-12)8-10-21-16/h1-6,11,18-19H,7-10H2. The molecule has 0 atom stereocenters. The van der Waals surface area contributed by atoms with Gasteiger partial charge in [-0.2, -0.15) is 0 Å². The smallest absolute Gasteiger partial charge is 0.488 e. The van der Waals surface area contributed by atoms with Crippen LogP contribution in [-0.2, 0) is 12.8 Å². The number of hydrogen-bond acceptors (Lipinski definition) is 4. The Labute approximate surface area is 124 Å². The van der Waals surface area contributed by atoms with Crippen LogP contribution in [0.25, 0.3) is 0 Å². The third-order valence-electron chi connectivity index (χ3n) is 3.59. The summed E-state index contributed by atoms with van der Waals surface area (Å²) in [5.74, 6) is 1.72. The molecular weight excluding hydrogens is 267 g/mol. The molecule has 0 radical (unpaired) electrons. The normalized spacial score (nSPS) is 12.7. The molecule has 0 bridgehead atoms. The molecule has 1 aliphatic rings. The van der Waals surface area contributed by atoms with Gasteiger partial charge in [0.2, 0.25) is 0 Å². The molecule has 0 saturated heterocycles. The van der Waals surface area contributed by atoms with Gasteiger partial charge in [-0.15, -0.1) is 0 Å². The van der Waals surface area contributed by atoms with Crippen molar-refractivity contribution < 1.29 is 19.5 Å². The Hall–Kier alpha value is -1.98. The summed E-state index contributed by atoms with van der Waals surface area (Å²) in [6.45, 7) is 1.36. The van der Waals surface area contributed by atoms with Crippen LogP contribution in [-0.4, -0.2) is 30.4 Å². The van der Waals surface area contributed by atoms with Crippen LogP contribution in [0, 0.1) is 0 Å². The van der Waals surface area contributed by atoms with Crippen LogP contribution >= 0.6 is 0 Å².